The molecule has 0 radical (unpaired) electrons. The first-order chi connectivity index (χ1) is 9.29. The number of hydrogen-bond donors (Lipinski definition) is 2. The molecular weight excluding hydrogens is 282 g/mol. The molecule has 0 unspecified atom stereocenters. The number of anilines is 1. The van der Waals surface area contributed by atoms with Crippen molar-refractivity contribution in [2.75, 3.05) is 39.2 Å². The lowest BCUT2D eigenvalue weighted by molar-refractivity contribution is 0.0954. The number of carbonyl (C=O) groups excluding carboxylic acids is 1. The maximum absolute atomic E-state index is 12.0. The largest absolute Gasteiger partial charge is 0.496 e. The third-order valence-electron chi connectivity index (χ3n) is 2.71. The number of nitrogen functional groups attached to an aromatic ring is 1. The number of nitrogens with one attached hydrogen (secondary N) is 1. The van der Waals surface area contributed by atoms with Crippen molar-refractivity contribution < 1.29 is 17.9 Å². The van der Waals surface area contributed by atoms with Crippen molar-refractivity contribution in [3.8, 4) is 5.75 Å². The Morgan fingerprint density at radius 2 is 2.05 bits per heavy atom. The van der Waals surface area contributed by atoms with Crippen molar-refractivity contribution in [3.05, 3.63) is 23.8 Å². The first kappa shape index (κ1) is 16.3. The number of nitrogens with zero attached hydrogens (tertiary/aromatic N) is 1. The molecule has 0 saturated carbocycles. The normalized spacial score (nSPS) is 11.4. The first-order valence-corrected chi connectivity index (χ1v) is 7.51. The predicted octanol–water partition coefficient (Wildman–Crippen LogP) is -0.101. The van der Waals surface area contributed by atoms with Gasteiger partial charge in [0.1, 0.15) is 11.3 Å². The number of nitrogens with two attached hydrogens (primary N) is 1. The van der Waals surface area contributed by atoms with Crippen LogP contribution in [0.25, 0.3) is 0 Å². The topological polar surface area (TPSA) is 102 Å². The minimum Gasteiger partial charge on any atom is -0.496 e. The first-order valence-electron chi connectivity index (χ1n) is 5.90. The van der Waals surface area contributed by atoms with Crippen LogP contribution in [-0.2, 0) is 10.0 Å². The van der Waals surface area contributed by atoms with Gasteiger partial charge in [0, 0.05) is 26.3 Å². The number of sulfonamides is 1. The second-order valence-corrected chi connectivity index (χ2v) is 6.58. The molecule has 1 aromatic carbocycles. The molecule has 0 aromatic heterocycles. The molecule has 3 N–H and O–H groups in total. The standard InChI is InChI=1S/C12H19N3O4S/c1-15(2)20(17,18)8-7-14-12(16)11-9(13)5-4-6-10(11)19-3/h4-6H,7-8,13H2,1-3H3,(H,14,16). The summed E-state index contributed by atoms with van der Waals surface area (Å²) in [5.41, 5.74) is 6.22. The van der Waals surface area contributed by atoms with E-state index in [1.807, 2.05) is 0 Å². The van der Waals surface area contributed by atoms with Crippen molar-refractivity contribution in [2.45, 2.75) is 0 Å². The van der Waals surface area contributed by atoms with E-state index >= 15 is 0 Å². The molecule has 0 saturated heterocycles. The van der Waals surface area contributed by atoms with Crippen LogP contribution in [0.1, 0.15) is 10.4 Å². The summed E-state index contributed by atoms with van der Waals surface area (Å²) in [5.74, 6) is -0.298. The van der Waals surface area contributed by atoms with Gasteiger partial charge in [0.25, 0.3) is 5.91 Å². The van der Waals surface area contributed by atoms with Crippen LogP contribution in [0, 0.1) is 0 Å². The molecule has 8 heteroatoms. The Labute approximate surface area is 118 Å². The van der Waals surface area contributed by atoms with Crippen LogP contribution in [0.2, 0.25) is 0 Å². The highest BCUT2D eigenvalue weighted by Crippen LogP contribution is 2.23. The quantitative estimate of drug-likeness (QED) is 0.714. The Bertz CT molecular complexity index is 584. The summed E-state index contributed by atoms with van der Waals surface area (Å²) in [7, 11) is 0.967. The monoisotopic (exact) mass is 301 g/mol. The van der Waals surface area contributed by atoms with Gasteiger partial charge in [-0.05, 0) is 12.1 Å². The molecular formula is C12H19N3O4S. The fourth-order valence-electron chi connectivity index (χ4n) is 1.53. The van der Waals surface area contributed by atoms with Crippen LogP contribution in [-0.4, -0.2) is 52.1 Å². The fourth-order valence-corrected chi connectivity index (χ4v) is 2.25. The summed E-state index contributed by atoms with van der Waals surface area (Å²) >= 11 is 0. The van der Waals surface area contributed by atoms with Crippen molar-refractivity contribution in [1.82, 2.24) is 9.62 Å². The lowest BCUT2D eigenvalue weighted by atomic mass is 10.1. The van der Waals surface area contributed by atoms with Crippen molar-refractivity contribution in [1.29, 1.82) is 0 Å². The molecule has 0 spiro atoms. The lowest BCUT2D eigenvalue weighted by Crippen LogP contribution is -2.34. The molecule has 20 heavy (non-hydrogen) atoms. The third-order valence-corrected chi connectivity index (χ3v) is 4.54. The van der Waals surface area contributed by atoms with E-state index in [9.17, 15) is 13.2 Å². The highest BCUT2D eigenvalue weighted by Gasteiger charge is 2.17. The minimum absolute atomic E-state index is 0.00314. The molecule has 1 amide bonds. The average molecular weight is 301 g/mol. The number of carbonyl (C=O) groups is 1. The van der Waals surface area contributed by atoms with Crippen LogP contribution in [0.5, 0.6) is 5.75 Å². The van der Waals surface area contributed by atoms with Gasteiger partial charge in [0.2, 0.25) is 10.0 Å². The van der Waals surface area contributed by atoms with Gasteiger partial charge in [0.15, 0.2) is 0 Å². The molecule has 0 atom stereocenters. The van der Waals surface area contributed by atoms with Gasteiger partial charge >= 0.3 is 0 Å². The highest BCUT2D eigenvalue weighted by molar-refractivity contribution is 7.89. The Morgan fingerprint density at radius 1 is 1.40 bits per heavy atom. The summed E-state index contributed by atoms with van der Waals surface area (Å²) in [4.78, 5) is 12.0. The van der Waals surface area contributed by atoms with Crippen molar-refractivity contribution in [3.63, 3.8) is 0 Å². The molecule has 0 bridgehead atoms. The minimum atomic E-state index is -3.35. The Balaban J connectivity index is 2.74. The zero-order valence-electron chi connectivity index (χ0n) is 11.7. The number of amides is 1. The van der Waals surface area contributed by atoms with Crippen molar-refractivity contribution >= 4 is 21.6 Å². The van der Waals surface area contributed by atoms with Crippen LogP contribution in [0.3, 0.4) is 0 Å². The molecule has 0 aliphatic carbocycles. The maximum Gasteiger partial charge on any atom is 0.257 e. The molecule has 0 aliphatic heterocycles. The molecule has 1 aromatic rings. The number of ether oxygens (including phenoxy) is 1. The number of hydrogen-bond acceptors (Lipinski definition) is 5. The Kier molecular flexibility index (Phi) is 5.34. The third kappa shape index (κ3) is 3.84. The summed E-state index contributed by atoms with van der Waals surface area (Å²) in [5, 5.41) is 2.52. The van der Waals surface area contributed by atoms with Gasteiger partial charge < -0.3 is 15.8 Å². The van der Waals surface area contributed by atoms with Crippen LogP contribution >= 0.6 is 0 Å². The van der Waals surface area contributed by atoms with Crippen LogP contribution in [0.4, 0.5) is 5.69 Å². The van der Waals surface area contributed by atoms with E-state index in [4.69, 9.17) is 10.5 Å². The Hall–Kier alpha value is -1.80. The van der Waals surface area contributed by atoms with Gasteiger partial charge in [0.05, 0.1) is 12.9 Å². The number of methoxy groups -OCH3 is 1. The van der Waals surface area contributed by atoms with Gasteiger partial charge in [-0.2, -0.15) is 0 Å². The van der Waals surface area contributed by atoms with E-state index < -0.39 is 15.9 Å². The molecule has 0 heterocycles. The molecule has 0 fully saturated rings. The lowest BCUT2D eigenvalue weighted by Gasteiger charge is -2.13. The zero-order valence-corrected chi connectivity index (χ0v) is 12.5. The van der Waals surface area contributed by atoms with Gasteiger partial charge in [-0.3, -0.25) is 4.79 Å². The zero-order chi connectivity index (χ0) is 15.3. The number of rotatable bonds is 6. The molecule has 7 nitrogen and oxygen atoms in total. The summed E-state index contributed by atoms with van der Waals surface area (Å²) in [6.45, 7) is -0.00314. The summed E-state index contributed by atoms with van der Waals surface area (Å²) in [6.07, 6.45) is 0. The van der Waals surface area contributed by atoms with Crippen molar-refractivity contribution in [2.24, 2.45) is 0 Å². The predicted molar refractivity (Wildman–Crippen MR) is 77.2 cm³/mol. The van der Waals surface area contributed by atoms with Crippen LogP contribution < -0.4 is 15.8 Å². The van der Waals surface area contributed by atoms with Gasteiger partial charge in [-0.25, -0.2) is 12.7 Å². The summed E-state index contributed by atoms with van der Waals surface area (Å²) in [6, 6.07) is 4.86. The smallest absolute Gasteiger partial charge is 0.257 e. The van der Waals surface area contributed by atoms with E-state index in [1.165, 1.54) is 21.2 Å². The second kappa shape index (κ2) is 6.58. The average Bonchev–Trinajstić information content (AvgIpc) is 2.37. The van der Waals surface area contributed by atoms with E-state index in [0.29, 0.717) is 5.75 Å². The fraction of sp³-hybridized carbons (Fsp3) is 0.417. The van der Waals surface area contributed by atoms with E-state index in [2.05, 4.69) is 5.32 Å². The SMILES string of the molecule is COc1cccc(N)c1C(=O)NCCS(=O)(=O)N(C)C. The molecule has 112 valence electrons. The van der Waals surface area contributed by atoms with Gasteiger partial charge in [-0.1, -0.05) is 6.07 Å². The van der Waals surface area contributed by atoms with E-state index in [0.717, 1.165) is 4.31 Å². The van der Waals surface area contributed by atoms with Gasteiger partial charge in [-0.15, -0.1) is 0 Å². The molecule has 1 rings (SSSR count). The number of benzene rings is 1. The molecule has 0 aliphatic rings. The van der Waals surface area contributed by atoms with Crippen LogP contribution in [0.15, 0.2) is 18.2 Å². The second-order valence-electron chi connectivity index (χ2n) is 4.28. The maximum atomic E-state index is 12.0. The Morgan fingerprint density at radius 3 is 2.60 bits per heavy atom. The van der Waals surface area contributed by atoms with E-state index in [1.54, 1.807) is 18.2 Å². The summed E-state index contributed by atoms with van der Waals surface area (Å²) < 4.78 is 29.3. The van der Waals surface area contributed by atoms with E-state index in [-0.39, 0.29) is 23.5 Å². The highest BCUT2D eigenvalue weighted by atomic mass is 32.2.